The SMILES string of the molecule is COc1ccc(CN=C(NC#N)NCc2nonc2C(=Nc2ccc(F)c(Cl)c2)NO)cc1.O=C(O)C(F)(F)F. The third-order valence-corrected chi connectivity index (χ3v) is 4.74. The Bertz CT molecular complexity index is 1390. The van der Waals surface area contributed by atoms with E-state index in [-0.39, 0.29) is 40.4 Å². The van der Waals surface area contributed by atoms with Crippen LogP contribution in [0, 0.1) is 17.3 Å². The van der Waals surface area contributed by atoms with Crippen molar-refractivity contribution in [2.75, 3.05) is 7.11 Å². The van der Waals surface area contributed by atoms with Crippen molar-refractivity contribution >= 4 is 35.1 Å². The quantitative estimate of drug-likeness (QED) is 0.0682. The van der Waals surface area contributed by atoms with E-state index < -0.39 is 18.0 Å². The van der Waals surface area contributed by atoms with Crippen LogP contribution in [0.4, 0.5) is 23.2 Å². The van der Waals surface area contributed by atoms with Crippen LogP contribution in [0.2, 0.25) is 5.02 Å². The highest BCUT2D eigenvalue weighted by atomic mass is 35.5. The number of aliphatic imine (C=N–C) groups is 2. The van der Waals surface area contributed by atoms with E-state index in [1.807, 2.05) is 17.6 Å². The molecule has 18 heteroatoms. The van der Waals surface area contributed by atoms with E-state index in [2.05, 4.69) is 30.9 Å². The number of ether oxygens (including phenoxy) is 1. The Morgan fingerprint density at radius 3 is 2.45 bits per heavy atom. The molecule has 3 aromatic rings. The number of carboxylic acids is 1. The van der Waals surface area contributed by atoms with Crippen molar-refractivity contribution in [3.8, 4) is 11.9 Å². The van der Waals surface area contributed by atoms with Gasteiger partial charge in [0.2, 0.25) is 5.96 Å². The molecule has 0 saturated carbocycles. The zero-order valence-electron chi connectivity index (χ0n) is 20.2. The molecule has 0 radical (unpaired) electrons. The largest absolute Gasteiger partial charge is 0.497 e. The summed E-state index contributed by atoms with van der Waals surface area (Å²) in [6.07, 6.45) is -3.28. The first kappa shape index (κ1) is 31.3. The minimum absolute atomic E-state index is 0.0276. The Morgan fingerprint density at radius 2 is 1.90 bits per heavy atom. The minimum Gasteiger partial charge on any atom is -0.497 e. The Labute approximate surface area is 227 Å². The summed E-state index contributed by atoms with van der Waals surface area (Å²) >= 11 is 5.76. The summed E-state index contributed by atoms with van der Waals surface area (Å²) in [4.78, 5) is 17.4. The van der Waals surface area contributed by atoms with Crippen LogP contribution in [0.1, 0.15) is 17.0 Å². The number of methoxy groups -OCH3 is 1. The summed E-state index contributed by atoms with van der Waals surface area (Å²) in [7, 11) is 1.58. The van der Waals surface area contributed by atoms with Crippen molar-refractivity contribution < 1.29 is 42.0 Å². The molecule has 0 fully saturated rings. The van der Waals surface area contributed by atoms with E-state index in [0.29, 0.717) is 6.54 Å². The monoisotopic (exact) mass is 586 g/mol. The number of halogens is 5. The maximum absolute atomic E-state index is 13.4. The van der Waals surface area contributed by atoms with Gasteiger partial charge in [-0.15, -0.1) is 0 Å². The second-order valence-corrected chi connectivity index (χ2v) is 7.54. The molecule has 0 spiro atoms. The van der Waals surface area contributed by atoms with Crippen LogP contribution in [0.5, 0.6) is 5.75 Å². The number of alkyl halides is 3. The van der Waals surface area contributed by atoms with Crippen molar-refractivity contribution in [3.05, 3.63) is 70.3 Å². The van der Waals surface area contributed by atoms with Gasteiger partial charge in [0.1, 0.15) is 17.3 Å². The first-order valence-electron chi connectivity index (χ1n) is 10.6. The average Bonchev–Trinajstić information content (AvgIpc) is 3.39. The molecule has 0 bridgehead atoms. The highest BCUT2D eigenvalue weighted by Gasteiger charge is 2.38. The van der Waals surface area contributed by atoms with Crippen LogP contribution >= 0.6 is 11.6 Å². The number of hydrogen-bond donors (Lipinski definition) is 5. The molecule has 0 amide bonds. The first-order chi connectivity index (χ1) is 19.0. The van der Waals surface area contributed by atoms with Crippen LogP contribution in [0.25, 0.3) is 0 Å². The molecule has 0 atom stereocenters. The summed E-state index contributed by atoms with van der Waals surface area (Å²) in [6, 6.07) is 11.1. The molecule has 1 aromatic heterocycles. The van der Waals surface area contributed by atoms with Gasteiger partial charge in [0, 0.05) is 0 Å². The maximum Gasteiger partial charge on any atom is 0.490 e. The van der Waals surface area contributed by atoms with Crippen molar-refractivity contribution in [1.82, 2.24) is 26.4 Å². The number of amidine groups is 1. The molecule has 40 heavy (non-hydrogen) atoms. The van der Waals surface area contributed by atoms with Gasteiger partial charge >= 0.3 is 12.1 Å². The molecule has 0 aliphatic rings. The molecule has 1 heterocycles. The van der Waals surface area contributed by atoms with Crippen LogP contribution in [-0.2, 0) is 17.9 Å². The van der Waals surface area contributed by atoms with E-state index in [4.69, 9.17) is 36.1 Å². The standard InChI is InChI=1S/C20H18ClFN8O3.C2HF3O2/c1-32-14-5-2-12(3-6-14)9-24-20(26-11-23)25-10-17-18(30-33-29-17)19(28-31)27-13-4-7-16(22)15(21)8-13;3-2(4,5)1(6)7/h2-8,31H,9-10H2,1H3,(H,27,28)(H2,24,25,26);(H,6,7). The number of hydroxylamine groups is 1. The molecular formula is C22H19ClF4N8O5. The fourth-order valence-electron chi connectivity index (χ4n) is 2.58. The lowest BCUT2D eigenvalue weighted by atomic mass is 10.2. The van der Waals surface area contributed by atoms with Crippen molar-refractivity contribution in [2.24, 2.45) is 9.98 Å². The topological polar surface area (TPSA) is 190 Å². The molecule has 3 rings (SSSR count). The van der Waals surface area contributed by atoms with Gasteiger partial charge in [-0.25, -0.2) is 23.8 Å². The van der Waals surface area contributed by atoms with E-state index >= 15 is 0 Å². The maximum atomic E-state index is 13.4. The number of rotatable bonds is 7. The molecule has 0 aliphatic carbocycles. The lowest BCUT2D eigenvalue weighted by molar-refractivity contribution is -0.192. The van der Waals surface area contributed by atoms with Gasteiger partial charge in [-0.1, -0.05) is 28.9 Å². The first-order valence-corrected chi connectivity index (χ1v) is 11.0. The number of nitriles is 1. The molecule has 2 aromatic carbocycles. The van der Waals surface area contributed by atoms with Gasteiger partial charge in [0.05, 0.1) is 30.9 Å². The Balaban J connectivity index is 0.000000708. The lowest BCUT2D eigenvalue weighted by Gasteiger charge is -2.08. The summed E-state index contributed by atoms with van der Waals surface area (Å²) in [5.74, 6) is -2.56. The average molecular weight is 587 g/mol. The smallest absolute Gasteiger partial charge is 0.490 e. The lowest BCUT2D eigenvalue weighted by Crippen LogP contribution is -2.35. The summed E-state index contributed by atoms with van der Waals surface area (Å²) < 4.78 is 55.0. The number of nitrogens with one attached hydrogen (secondary N) is 3. The van der Waals surface area contributed by atoms with E-state index in [1.165, 1.54) is 12.1 Å². The van der Waals surface area contributed by atoms with Crippen LogP contribution < -0.4 is 20.9 Å². The zero-order valence-corrected chi connectivity index (χ0v) is 21.0. The number of carbonyl (C=O) groups is 1. The Morgan fingerprint density at radius 1 is 1.23 bits per heavy atom. The van der Waals surface area contributed by atoms with Gasteiger partial charge in [0.25, 0.3) is 0 Å². The predicted molar refractivity (Wildman–Crippen MR) is 130 cm³/mol. The number of benzene rings is 2. The highest BCUT2D eigenvalue weighted by Crippen LogP contribution is 2.22. The second-order valence-electron chi connectivity index (χ2n) is 7.14. The third-order valence-electron chi connectivity index (χ3n) is 4.45. The Hall–Kier alpha value is -4.95. The number of guanidine groups is 1. The fourth-order valence-corrected chi connectivity index (χ4v) is 2.75. The molecule has 0 unspecified atom stereocenters. The van der Waals surface area contributed by atoms with Crippen LogP contribution in [-0.4, -0.2) is 51.7 Å². The van der Waals surface area contributed by atoms with Crippen molar-refractivity contribution in [2.45, 2.75) is 19.3 Å². The van der Waals surface area contributed by atoms with Gasteiger partial charge in [-0.2, -0.15) is 18.4 Å². The second kappa shape index (κ2) is 14.8. The summed E-state index contributed by atoms with van der Waals surface area (Å²) in [5, 5.41) is 38.4. The molecule has 212 valence electrons. The Kier molecular flexibility index (Phi) is 11.6. The highest BCUT2D eigenvalue weighted by molar-refractivity contribution is 6.31. The fraction of sp³-hybridized carbons (Fsp3) is 0.182. The van der Waals surface area contributed by atoms with Crippen LogP contribution in [0.15, 0.2) is 57.1 Å². The minimum atomic E-state index is -5.08. The number of aromatic nitrogens is 2. The summed E-state index contributed by atoms with van der Waals surface area (Å²) in [5.41, 5.74) is 3.40. The number of nitrogens with zero attached hydrogens (tertiary/aromatic N) is 5. The van der Waals surface area contributed by atoms with E-state index in [0.717, 1.165) is 17.4 Å². The molecular weight excluding hydrogens is 568 g/mol. The van der Waals surface area contributed by atoms with Gasteiger partial charge in [0.15, 0.2) is 17.7 Å². The van der Waals surface area contributed by atoms with Crippen molar-refractivity contribution in [1.29, 1.82) is 5.26 Å². The molecule has 0 saturated heterocycles. The van der Waals surface area contributed by atoms with Crippen molar-refractivity contribution in [3.63, 3.8) is 0 Å². The van der Waals surface area contributed by atoms with E-state index in [9.17, 15) is 22.8 Å². The van der Waals surface area contributed by atoms with Gasteiger partial charge in [-0.3, -0.25) is 16.0 Å². The molecule has 13 nitrogen and oxygen atoms in total. The van der Waals surface area contributed by atoms with E-state index in [1.54, 1.807) is 25.4 Å². The zero-order chi connectivity index (χ0) is 29.7. The van der Waals surface area contributed by atoms with Crippen LogP contribution in [0.3, 0.4) is 0 Å². The number of carboxylic acid groups (broad SMARTS) is 1. The van der Waals surface area contributed by atoms with Gasteiger partial charge in [-0.05, 0) is 41.1 Å². The predicted octanol–water partition coefficient (Wildman–Crippen LogP) is 3.28. The summed E-state index contributed by atoms with van der Waals surface area (Å²) in [6.45, 7) is 0.320. The normalized spacial score (nSPS) is 11.6. The number of aliphatic carboxylic acids is 1. The molecule has 0 aliphatic heterocycles. The number of hydrogen-bond acceptors (Lipinski definition) is 9. The molecule has 5 N–H and O–H groups in total. The third kappa shape index (κ3) is 9.74. The van der Waals surface area contributed by atoms with Gasteiger partial charge < -0.3 is 15.2 Å².